The fourth-order valence-electron chi connectivity index (χ4n) is 2.77. The molecule has 0 fully saturated rings. The highest BCUT2D eigenvalue weighted by atomic mass is 35.5. The maximum absolute atomic E-state index is 11.8. The van der Waals surface area contributed by atoms with Crippen LogP contribution in [0.5, 0.6) is 0 Å². The van der Waals surface area contributed by atoms with Crippen LogP contribution in [0.4, 0.5) is 0 Å². The number of nitrogens with one attached hydrogen (secondary N) is 1. The monoisotopic (exact) mass is 468 g/mol. The van der Waals surface area contributed by atoms with Crippen molar-refractivity contribution in [2.75, 3.05) is 0 Å². The van der Waals surface area contributed by atoms with Gasteiger partial charge in [-0.2, -0.15) is 0 Å². The quantitative estimate of drug-likeness (QED) is 0.379. The molecule has 2 aromatic carbocycles. The van der Waals surface area contributed by atoms with Gasteiger partial charge in [-0.3, -0.25) is 9.36 Å². The van der Waals surface area contributed by atoms with Gasteiger partial charge in [0.05, 0.1) is 12.2 Å². The highest BCUT2D eigenvalue weighted by Crippen LogP contribution is 2.28. The fraction of sp³-hybridized carbons (Fsp3) is 0.250. The summed E-state index contributed by atoms with van der Waals surface area (Å²) in [6.45, 7) is 4.18. The summed E-state index contributed by atoms with van der Waals surface area (Å²) < 4.78 is 1.90. The Balaban J connectivity index is 1.93. The Morgan fingerprint density at radius 3 is 2.69 bits per heavy atom. The molecule has 29 heavy (non-hydrogen) atoms. The van der Waals surface area contributed by atoms with Crippen molar-refractivity contribution in [1.82, 2.24) is 20.1 Å². The number of halogens is 3. The van der Waals surface area contributed by atoms with Gasteiger partial charge in [0.1, 0.15) is 0 Å². The molecular weight excluding hydrogens is 451 g/mol. The van der Waals surface area contributed by atoms with Crippen LogP contribution in [0.25, 0.3) is 5.69 Å². The molecule has 9 heteroatoms. The van der Waals surface area contributed by atoms with E-state index in [1.54, 1.807) is 11.8 Å². The van der Waals surface area contributed by atoms with Crippen molar-refractivity contribution in [3.8, 4) is 5.69 Å². The number of aromatic nitrogens is 3. The van der Waals surface area contributed by atoms with Crippen LogP contribution < -0.4 is 5.32 Å². The van der Waals surface area contributed by atoms with Crippen LogP contribution in [0.2, 0.25) is 5.02 Å². The number of carbonyl (C=O) groups is 1. The normalized spacial score (nSPS) is 11.1. The summed E-state index contributed by atoms with van der Waals surface area (Å²) in [5.74, 6) is 0.807. The van der Waals surface area contributed by atoms with Crippen LogP contribution in [-0.4, -0.2) is 25.5 Å². The van der Waals surface area contributed by atoms with E-state index in [-0.39, 0.29) is 6.54 Å². The first-order valence-corrected chi connectivity index (χ1v) is 11.0. The first-order chi connectivity index (χ1) is 13.8. The van der Waals surface area contributed by atoms with E-state index < -0.39 is 10.7 Å². The lowest BCUT2D eigenvalue weighted by Gasteiger charge is -2.14. The second-order valence-corrected chi connectivity index (χ2v) is 8.94. The molecule has 0 saturated carbocycles. The van der Waals surface area contributed by atoms with Gasteiger partial charge in [-0.1, -0.05) is 82.5 Å². The molecule has 1 N–H and O–H groups in total. The predicted octanol–water partition coefficient (Wildman–Crippen LogP) is 5.25. The van der Waals surface area contributed by atoms with E-state index in [2.05, 4.69) is 40.6 Å². The lowest BCUT2D eigenvalue weighted by Crippen LogP contribution is -2.29. The van der Waals surface area contributed by atoms with Gasteiger partial charge in [-0.25, -0.2) is 0 Å². The summed E-state index contributed by atoms with van der Waals surface area (Å²) >= 11 is 19.0. The molecule has 0 aliphatic heterocycles. The standard InChI is InChI=1S/C20H19Cl3N4OS/c1-12-4-3-5-14(8-12)11-29-20-26-25-17(10-24-19(28)18(22)23)27(20)16-9-15(21)7-6-13(16)2/h3-9,18H,10-11H2,1-2H3,(H,24,28). The van der Waals surface area contributed by atoms with Gasteiger partial charge in [0.25, 0.3) is 5.91 Å². The third kappa shape index (κ3) is 5.66. The zero-order valence-corrected chi connectivity index (χ0v) is 18.9. The SMILES string of the molecule is Cc1cccc(CSc2nnc(CNC(=O)C(Cl)Cl)n2-c2cc(Cl)ccc2C)c1. The van der Waals surface area contributed by atoms with Gasteiger partial charge in [-0.15, -0.1) is 10.2 Å². The molecule has 0 radical (unpaired) electrons. The number of thioether (sulfide) groups is 1. The van der Waals surface area contributed by atoms with Crippen molar-refractivity contribution < 1.29 is 4.79 Å². The summed E-state index contributed by atoms with van der Waals surface area (Å²) in [7, 11) is 0. The Morgan fingerprint density at radius 1 is 1.17 bits per heavy atom. The maximum Gasteiger partial charge on any atom is 0.253 e. The van der Waals surface area contributed by atoms with Crippen molar-refractivity contribution in [2.45, 2.75) is 36.1 Å². The predicted molar refractivity (Wildman–Crippen MR) is 119 cm³/mol. The third-order valence-corrected chi connectivity index (χ3v) is 5.81. The van der Waals surface area contributed by atoms with E-state index in [0.717, 1.165) is 17.0 Å². The zero-order chi connectivity index (χ0) is 21.0. The zero-order valence-electron chi connectivity index (χ0n) is 15.8. The highest BCUT2D eigenvalue weighted by molar-refractivity contribution is 7.98. The summed E-state index contributed by atoms with van der Waals surface area (Å²) in [5, 5.41) is 12.6. The third-order valence-electron chi connectivity index (χ3n) is 4.18. The molecule has 0 bridgehead atoms. The molecule has 0 aliphatic carbocycles. The summed E-state index contributed by atoms with van der Waals surface area (Å²) in [4.78, 5) is 10.6. The van der Waals surface area contributed by atoms with Gasteiger partial charge in [0.15, 0.2) is 15.8 Å². The summed E-state index contributed by atoms with van der Waals surface area (Å²) in [6, 6.07) is 13.9. The van der Waals surface area contributed by atoms with Gasteiger partial charge in [0, 0.05) is 10.8 Å². The van der Waals surface area contributed by atoms with Gasteiger partial charge < -0.3 is 5.32 Å². The van der Waals surface area contributed by atoms with Crippen LogP contribution >= 0.6 is 46.6 Å². The maximum atomic E-state index is 11.8. The average molecular weight is 470 g/mol. The minimum atomic E-state index is -1.14. The number of aryl methyl sites for hydroxylation is 2. The molecule has 5 nitrogen and oxygen atoms in total. The number of nitrogens with zero attached hydrogens (tertiary/aromatic N) is 3. The Morgan fingerprint density at radius 2 is 1.97 bits per heavy atom. The Kier molecular flexibility index (Phi) is 7.46. The Labute approximate surface area is 188 Å². The second-order valence-electron chi connectivity index (χ2n) is 6.46. The first kappa shape index (κ1) is 22.0. The number of benzene rings is 2. The Hall–Kier alpha value is -1.73. The molecule has 3 rings (SSSR count). The molecule has 0 atom stereocenters. The van der Waals surface area contributed by atoms with Crippen molar-refractivity contribution in [3.05, 3.63) is 70.0 Å². The van der Waals surface area contributed by atoms with Crippen LogP contribution in [0, 0.1) is 13.8 Å². The minimum Gasteiger partial charge on any atom is -0.346 e. The van der Waals surface area contributed by atoms with E-state index in [0.29, 0.717) is 16.0 Å². The topological polar surface area (TPSA) is 59.8 Å². The lowest BCUT2D eigenvalue weighted by molar-refractivity contribution is -0.119. The van der Waals surface area contributed by atoms with E-state index in [9.17, 15) is 4.79 Å². The van der Waals surface area contributed by atoms with Crippen molar-refractivity contribution >= 4 is 52.5 Å². The van der Waals surface area contributed by atoms with Gasteiger partial charge >= 0.3 is 0 Å². The number of hydrogen-bond acceptors (Lipinski definition) is 4. The smallest absolute Gasteiger partial charge is 0.253 e. The fourth-order valence-corrected chi connectivity index (χ4v) is 3.99. The summed E-state index contributed by atoms with van der Waals surface area (Å²) in [5.41, 5.74) is 4.25. The molecule has 1 amide bonds. The molecule has 0 unspecified atom stereocenters. The van der Waals surface area contributed by atoms with Crippen LogP contribution in [0.3, 0.4) is 0 Å². The first-order valence-electron chi connectivity index (χ1n) is 8.80. The molecule has 0 aliphatic rings. The van der Waals surface area contributed by atoms with Crippen LogP contribution in [0.15, 0.2) is 47.6 Å². The number of rotatable bonds is 7. The van der Waals surface area contributed by atoms with E-state index in [1.165, 1.54) is 11.1 Å². The van der Waals surface area contributed by atoms with Crippen LogP contribution in [0.1, 0.15) is 22.5 Å². The molecular formula is C20H19Cl3N4OS. The van der Waals surface area contributed by atoms with Crippen molar-refractivity contribution in [3.63, 3.8) is 0 Å². The molecule has 152 valence electrons. The largest absolute Gasteiger partial charge is 0.346 e. The van der Waals surface area contributed by atoms with E-state index in [1.807, 2.05) is 35.8 Å². The molecule has 1 aromatic heterocycles. The molecule has 3 aromatic rings. The summed E-state index contributed by atoms with van der Waals surface area (Å²) in [6.07, 6.45) is 0. The van der Waals surface area contributed by atoms with Gasteiger partial charge in [0.2, 0.25) is 0 Å². The Bertz CT molecular complexity index is 1020. The van der Waals surface area contributed by atoms with Crippen molar-refractivity contribution in [1.29, 1.82) is 0 Å². The molecule has 0 spiro atoms. The number of alkyl halides is 2. The minimum absolute atomic E-state index is 0.138. The van der Waals surface area contributed by atoms with E-state index in [4.69, 9.17) is 34.8 Å². The number of carbonyl (C=O) groups excluding carboxylic acids is 1. The second kappa shape index (κ2) is 9.85. The molecule has 1 heterocycles. The average Bonchev–Trinajstić information content (AvgIpc) is 3.09. The number of amides is 1. The highest BCUT2D eigenvalue weighted by Gasteiger charge is 2.19. The lowest BCUT2D eigenvalue weighted by atomic mass is 10.2. The number of hydrogen-bond donors (Lipinski definition) is 1. The molecule has 0 saturated heterocycles. The van der Waals surface area contributed by atoms with Crippen LogP contribution in [-0.2, 0) is 17.1 Å². The van der Waals surface area contributed by atoms with E-state index >= 15 is 0 Å². The van der Waals surface area contributed by atoms with Crippen molar-refractivity contribution in [2.24, 2.45) is 0 Å². The van der Waals surface area contributed by atoms with Gasteiger partial charge in [-0.05, 0) is 37.1 Å².